The van der Waals surface area contributed by atoms with Crippen LogP contribution in [0, 0.1) is 0 Å². The third kappa shape index (κ3) is 3.72. The summed E-state index contributed by atoms with van der Waals surface area (Å²) in [5, 5.41) is 8.78. The number of aryl methyl sites for hydroxylation is 1. The summed E-state index contributed by atoms with van der Waals surface area (Å²) < 4.78 is 12.0. The number of carbonyl (C=O) groups is 1. The number of nitrogens with zero attached hydrogens (tertiary/aromatic N) is 1. The Morgan fingerprint density at radius 2 is 1.89 bits per heavy atom. The van der Waals surface area contributed by atoms with E-state index in [9.17, 15) is 9.00 Å². The number of carboxylic acid groups (broad SMARTS) is 1. The van der Waals surface area contributed by atoms with Crippen LogP contribution >= 0.6 is 0 Å². The Kier molecular flexibility index (Phi) is 4.41. The molecule has 1 aromatic heterocycles. The van der Waals surface area contributed by atoms with Gasteiger partial charge in [-0.3, -0.25) is 9.19 Å². The van der Waals surface area contributed by atoms with E-state index in [4.69, 9.17) is 5.11 Å². The molecule has 2 rings (SSSR count). The highest BCUT2D eigenvalue weighted by molar-refractivity contribution is 7.85. The molecule has 4 nitrogen and oxygen atoms in total. The van der Waals surface area contributed by atoms with E-state index >= 15 is 0 Å². The minimum Gasteiger partial charge on any atom is -0.478 e. The van der Waals surface area contributed by atoms with Gasteiger partial charge in [0.05, 0.1) is 16.4 Å². The van der Waals surface area contributed by atoms with Crippen LogP contribution in [0.5, 0.6) is 0 Å². The lowest BCUT2D eigenvalue weighted by molar-refractivity contribution is 0.0697. The van der Waals surface area contributed by atoms with Gasteiger partial charge < -0.3 is 5.11 Å². The van der Waals surface area contributed by atoms with Gasteiger partial charge in [-0.15, -0.1) is 0 Å². The Morgan fingerprint density at radius 3 is 2.47 bits per heavy atom. The average Bonchev–Trinajstić information content (AvgIpc) is 2.46. The van der Waals surface area contributed by atoms with E-state index in [1.165, 1.54) is 12.1 Å². The van der Waals surface area contributed by atoms with Crippen LogP contribution in [-0.4, -0.2) is 26.0 Å². The predicted molar refractivity (Wildman–Crippen MR) is 72.6 cm³/mol. The van der Waals surface area contributed by atoms with Crippen molar-refractivity contribution in [3.05, 3.63) is 59.9 Å². The molecular weight excluding hydrogens is 262 g/mol. The fourth-order valence-electron chi connectivity index (χ4n) is 1.61. The quantitative estimate of drug-likeness (QED) is 0.907. The van der Waals surface area contributed by atoms with E-state index in [0.717, 1.165) is 5.69 Å². The third-order valence-electron chi connectivity index (χ3n) is 2.63. The molecule has 0 radical (unpaired) electrons. The summed E-state index contributed by atoms with van der Waals surface area (Å²) in [7, 11) is -1.14. The lowest BCUT2D eigenvalue weighted by Gasteiger charge is -2.03. The van der Waals surface area contributed by atoms with Gasteiger partial charge >= 0.3 is 5.97 Å². The fourth-order valence-corrected chi connectivity index (χ4v) is 2.68. The summed E-state index contributed by atoms with van der Waals surface area (Å²) in [5.74, 6) is -0.505. The van der Waals surface area contributed by atoms with E-state index in [0.29, 0.717) is 17.1 Å². The Bertz CT molecular complexity index is 581. The molecule has 0 saturated carbocycles. The summed E-state index contributed by atoms with van der Waals surface area (Å²) in [5.41, 5.74) is 1.10. The largest absolute Gasteiger partial charge is 0.478 e. The van der Waals surface area contributed by atoms with Crippen LogP contribution in [0.1, 0.15) is 16.1 Å². The maximum atomic E-state index is 12.0. The molecule has 0 aliphatic heterocycles. The van der Waals surface area contributed by atoms with Gasteiger partial charge in [0.25, 0.3) is 0 Å². The average molecular weight is 275 g/mol. The van der Waals surface area contributed by atoms with Crippen molar-refractivity contribution in [2.45, 2.75) is 11.3 Å². The van der Waals surface area contributed by atoms with Crippen LogP contribution < -0.4 is 0 Å². The second-order valence-corrected chi connectivity index (χ2v) is 5.52. The van der Waals surface area contributed by atoms with Crippen molar-refractivity contribution in [2.75, 3.05) is 5.75 Å². The van der Waals surface area contributed by atoms with Gasteiger partial charge in [-0.05, 0) is 36.4 Å². The SMILES string of the molecule is O=C(O)c1ccc(S(=O)CCc2ccccn2)cc1. The van der Waals surface area contributed by atoms with Gasteiger partial charge in [0.15, 0.2) is 0 Å². The molecule has 0 bridgehead atoms. The van der Waals surface area contributed by atoms with E-state index in [-0.39, 0.29) is 5.56 Å². The highest BCUT2D eigenvalue weighted by atomic mass is 32.2. The normalized spacial score (nSPS) is 12.0. The molecule has 0 aliphatic carbocycles. The summed E-state index contributed by atoms with van der Waals surface area (Å²) >= 11 is 0. The minimum atomic E-state index is -1.14. The zero-order valence-corrected chi connectivity index (χ0v) is 11.0. The zero-order chi connectivity index (χ0) is 13.7. The van der Waals surface area contributed by atoms with Crippen molar-refractivity contribution in [2.24, 2.45) is 0 Å². The topological polar surface area (TPSA) is 67.3 Å². The van der Waals surface area contributed by atoms with Crippen molar-refractivity contribution in [1.29, 1.82) is 0 Å². The summed E-state index contributed by atoms with van der Waals surface area (Å²) in [6, 6.07) is 11.8. The van der Waals surface area contributed by atoms with E-state index in [1.807, 2.05) is 18.2 Å². The molecule has 2 aromatic rings. The van der Waals surface area contributed by atoms with Crippen molar-refractivity contribution >= 4 is 16.8 Å². The smallest absolute Gasteiger partial charge is 0.335 e. The third-order valence-corrected chi connectivity index (χ3v) is 4.01. The van der Waals surface area contributed by atoms with Crippen molar-refractivity contribution in [1.82, 2.24) is 4.98 Å². The molecular formula is C14H13NO3S. The van der Waals surface area contributed by atoms with Gasteiger partial charge in [-0.2, -0.15) is 0 Å². The fraction of sp³-hybridized carbons (Fsp3) is 0.143. The number of hydrogen-bond donors (Lipinski definition) is 1. The van der Waals surface area contributed by atoms with E-state index in [1.54, 1.807) is 18.3 Å². The molecule has 0 fully saturated rings. The van der Waals surface area contributed by atoms with Crippen LogP contribution in [0.25, 0.3) is 0 Å². The van der Waals surface area contributed by atoms with E-state index < -0.39 is 16.8 Å². The molecule has 1 aromatic carbocycles. The van der Waals surface area contributed by atoms with Gasteiger partial charge in [0, 0.05) is 29.0 Å². The lowest BCUT2D eigenvalue weighted by atomic mass is 10.2. The second-order valence-electron chi connectivity index (χ2n) is 3.95. The van der Waals surface area contributed by atoms with Crippen molar-refractivity contribution < 1.29 is 14.1 Å². The number of hydrogen-bond acceptors (Lipinski definition) is 3. The first-order valence-electron chi connectivity index (χ1n) is 5.78. The first-order valence-corrected chi connectivity index (χ1v) is 7.10. The van der Waals surface area contributed by atoms with Crippen molar-refractivity contribution in [3.63, 3.8) is 0 Å². The first kappa shape index (κ1) is 13.4. The molecule has 5 heteroatoms. The number of aromatic nitrogens is 1. The van der Waals surface area contributed by atoms with Crippen LogP contribution in [0.4, 0.5) is 0 Å². The molecule has 1 unspecified atom stereocenters. The minimum absolute atomic E-state index is 0.200. The van der Waals surface area contributed by atoms with Crippen LogP contribution in [0.15, 0.2) is 53.6 Å². The molecule has 98 valence electrons. The number of rotatable bonds is 5. The Morgan fingerprint density at radius 1 is 1.16 bits per heavy atom. The molecule has 0 spiro atoms. The van der Waals surface area contributed by atoms with Crippen molar-refractivity contribution in [3.8, 4) is 0 Å². The molecule has 0 saturated heterocycles. The van der Waals surface area contributed by atoms with Gasteiger partial charge in [-0.1, -0.05) is 6.07 Å². The Hall–Kier alpha value is -2.01. The number of aromatic carboxylic acids is 1. The van der Waals surface area contributed by atoms with Crippen LogP contribution in [0.2, 0.25) is 0 Å². The standard InChI is InChI=1S/C14H13NO3S/c16-14(17)11-4-6-13(7-5-11)19(18)10-8-12-3-1-2-9-15-12/h1-7,9H,8,10H2,(H,16,17). The Labute approximate surface area is 113 Å². The maximum Gasteiger partial charge on any atom is 0.335 e. The van der Waals surface area contributed by atoms with Crippen LogP contribution in [0.3, 0.4) is 0 Å². The van der Waals surface area contributed by atoms with E-state index in [2.05, 4.69) is 4.98 Å². The second kappa shape index (κ2) is 6.24. The molecule has 0 aliphatic rings. The maximum absolute atomic E-state index is 12.0. The summed E-state index contributed by atoms with van der Waals surface area (Å²) in [6.07, 6.45) is 2.34. The first-order chi connectivity index (χ1) is 9.16. The molecule has 1 N–H and O–H groups in total. The summed E-state index contributed by atoms with van der Waals surface area (Å²) in [4.78, 5) is 15.5. The zero-order valence-electron chi connectivity index (χ0n) is 10.2. The van der Waals surface area contributed by atoms with Gasteiger partial charge in [-0.25, -0.2) is 4.79 Å². The van der Waals surface area contributed by atoms with Gasteiger partial charge in [0.1, 0.15) is 0 Å². The molecule has 1 heterocycles. The number of carboxylic acids is 1. The van der Waals surface area contributed by atoms with Crippen LogP contribution in [-0.2, 0) is 17.2 Å². The Balaban J connectivity index is 1.98. The highest BCUT2D eigenvalue weighted by Gasteiger charge is 2.07. The lowest BCUT2D eigenvalue weighted by Crippen LogP contribution is -2.03. The molecule has 0 amide bonds. The predicted octanol–water partition coefficient (Wildman–Crippen LogP) is 2.13. The summed E-state index contributed by atoms with van der Waals surface area (Å²) in [6.45, 7) is 0. The molecule has 1 atom stereocenters. The number of pyridine rings is 1. The highest BCUT2D eigenvalue weighted by Crippen LogP contribution is 2.10. The molecule has 19 heavy (non-hydrogen) atoms. The van der Waals surface area contributed by atoms with Gasteiger partial charge in [0.2, 0.25) is 0 Å². The number of benzene rings is 1. The monoisotopic (exact) mass is 275 g/mol.